The molecular weight excluding hydrogens is 274 g/mol. The summed E-state index contributed by atoms with van der Waals surface area (Å²) >= 11 is 0. The molecule has 0 bridgehead atoms. The van der Waals surface area contributed by atoms with E-state index < -0.39 is 10.2 Å². The van der Waals surface area contributed by atoms with Crippen molar-refractivity contribution in [2.75, 3.05) is 20.1 Å². The van der Waals surface area contributed by atoms with Crippen LogP contribution in [-0.2, 0) is 10.2 Å². The van der Waals surface area contributed by atoms with E-state index in [1.54, 1.807) is 7.05 Å². The first kappa shape index (κ1) is 15.7. The van der Waals surface area contributed by atoms with Crippen LogP contribution in [0.25, 0.3) is 4.72 Å². The molecule has 0 amide bonds. The summed E-state index contributed by atoms with van der Waals surface area (Å²) in [5.41, 5.74) is 0.0672. The van der Waals surface area contributed by atoms with Crippen LogP contribution in [0, 0.1) is 5.41 Å². The van der Waals surface area contributed by atoms with Crippen LogP contribution in [0.5, 0.6) is 0 Å². The molecule has 1 heterocycles. The number of nitrogens with zero attached hydrogens (tertiary/aromatic N) is 2. The molecule has 0 saturated carbocycles. The summed E-state index contributed by atoms with van der Waals surface area (Å²) in [4.78, 5) is 0. The normalized spacial score (nSPS) is 27.1. The van der Waals surface area contributed by atoms with Crippen LogP contribution < -0.4 is 58.2 Å². The molecule has 0 aromatic rings. The van der Waals surface area contributed by atoms with Crippen molar-refractivity contribution < 1.29 is 66.6 Å². The van der Waals surface area contributed by atoms with Gasteiger partial charge in [0.25, 0.3) is 0 Å². The van der Waals surface area contributed by atoms with Crippen LogP contribution in [0.15, 0.2) is 0 Å². The average molecular weight is 291 g/mol. The predicted molar refractivity (Wildman–Crippen MR) is 52.8 cm³/mol. The molecule has 0 radical (unpaired) electrons. The second-order valence-corrected chi connectivity index (χ2v) is 6.13. The van der Waals surface area contributed by atoms with E-state index in [1.165, 1.54) is 4.31 Å². The molecule has 0 unspecified atom stereocenters. The van der Waals surface area contributed by atoms with Gasteiger partial charge in [0.2, 0.25) is 0 Å². The number of hydrogen-bond acceptors (Lipinski definition) is 2. The molecule has 0 atom stereocenters. The standard InChI is InChI=1S/C8H17N2O2S.Rb/c1-8(2)5-4-6-9-13(11,12)10(3)7-8;/h4-7H2,1-3H3;/q-1;+1. The third kappa shape index (κ3) is 4.68. The van der Waals surface area contributed by atoms with Crippen LogP contribution in [0.1, 0.15) is 26.7 Å². The van der Waals surface area contributed by atoms with Gasteiger partial charge in [0.05, 0.1) is 0 Å². The zero-order chi connectivity index (χ0) is 10.1. The topological polar surface area (TPSA) is 51.5 Å². The average Bonchev–Trinajstić information content (AvgIpc) is 1.96. The van der Waals surface area contributed by atoms with E-state index in [0.29, 0.717) is 13.1 Å². The van der Waals surface area contributed by atoms with Crippen LogP contribution in [0.4, 0.5) is 0 Å². The molecule has 4 nitrogen and oxygen atoms in total. The molecule has 14 heavy (non-hydrogen) atoms. The SMILES string of the molecule is CN1CC(C)(C)CCC[N-]S1(=O)=O.[Rb+]. The van der Waals surface area contributed by atoms with Crippen molar-refractivity contribution in [3.63, 3.8) is 0 Å². The van der Waals surface area contributed by atoms with E-state index in [4.69, 9.17) is 0 Å². The second kappa shape index (κ2) is 5.84. The summed E-state index contributed by atoms with van der Waals surface area (Å²) < 4.78 is 27.8. The molecule has 1 rings (SSSR count). The van der Waals surface area contributed by atoms with Gasteiger partial charge < -0.3 is 4.72 Å². The molecule has 0 aromatic heterocycles. The first-order valence-electron chi connectivity index (χ1n) is 4.49. The van der Waals surface area contributed by atoms with Gasteiger partial charge in [-0.25, -0.2) is 12.7 Å². The van der Waals surface area contributed by atoms with E-state index in [0.717, 1.165) is 12.8 Å². The van der Waals surface area contributed by atoms with Gasteiger partial charge in [-0.15, -0.1) is 6.54 Å². The van der Waals surface area contributed by atoms with Gasteiger partial charge in [-0.05, 0) is 11.8 Å². The monoisotopic (exact) mass is 290 g/mol. The molecule has 1 aliphatic rings. The summed E-state index contributed by atoms with van der Waals surface area (Å²) in [7, 11) is -1.74. The summed E-state index contributed by atoms with van der Waals surface area (Å²) in [6.07, 6.45) is 1.89. The van der Waals surface area contributed by atoms with Crippen LogP contribution >= 0.6 is 0 Å². The molecule has 1 saturated heterocycles. The first-order valence-corrected chi connectivity index (χ1v) is 5.88. The molecular formula is C8H17N2O2RbS. The van der Waals surface area contributed by atoms with Gasteiger partial charge in [0.15, 0.2) is 0 Å². The summed E-state index contributed by atoms with van der Waals surface area (Å²) in [6, 6.07) is 0. The Labute approximate surface area is 136 Å². The van der Waals surface area contributed by atoms with Crippen molar-refractivity contribution in [3.05, 3.63) is 4.72 Å². The number of rotatable bonds is 0. The fourth-order valence-electron chi connectivity index (χ4n) is 1.60. The van der Waals surface area contributed by atoms with Crippen molar-refractivity contribution >= 4 is 10.2 Å². The van der Waals surface area contributed by atoms with Crippen LogP contribution in [0.2, 0.25) is 0 Å². The smallest absolute Gasteiger partial charge is 0.535 e. The van der Waals surface area contributed by atoms with Gasteiger partial charge in [0.1, 0.15) is 10.2 Å². The van der Waals surface area contributed by atoms with Crippen molar-refractivity contribution in [1.82, 2.24) is 4.31 Å². The van der Waals surface area contributed by atoms with Crippen molar-refractivity contribution in [2.24, 2.45) is 5.41 Å². The maximum Gasteiger partial charge on any atom is 1.00 e. The van der Waals surface area contributed by atoms with Gasteiger partial charge in [-0.2, -0.15) is 0 Å². The second-order valence-electron chi connectivity index (χ2n) is 4.35. The molecule has 1 fully saturated rings. The maximum atomic E-state index is 11.4. The van der Waals surface area contributed by atoms with Gasteiger partial charge in [-0.1, -0.05) is 20.3 Å². The molecule has 0 N–H and O–H groups in total. The van der Waals surface area contributed by atoms with Crippen LogP contribution in [0.3, 0.4) is 0 Å². The van der Waals surface area contributed by atoms with Crippen molar-refractivity contribution in [1.29, 1.82) is 0 Å². The first-order chi connectivity index (χ1) is 5.83. The Balaban J connectivity index is 0.00000169. The van der Waals surface area contributed by atoms with E-state index >= 15 is 0 Å². The third-order valence-electron chi connectivity index (χ3n) is 2.31. The Morgan fingerprint density at radius 2 is 1.93 bits per heavy atom. The minimum absolute atomic E-state index is 0. The van der Waals surface area contributed by atoms with E-state index in [-0.39, 0.29) is 63.6 Å². The Hall–Kier alpha value is 1.68. The largest absolute Gasteiger partial charge is 1.00 e. The Bertz CT molecular complexity index is 277. The Morgan fingerprint density at radius 1 is 1.36 bits per heavy atom. The molecule has 0 spiro atoms. The van der Waals surface area contributed by atoms with E-state index in [9.17, 15) is 8.42 Å². The summed E-state index contributed by atoms with van der Waals surface area (Å²) in [5, 5.41) is 0. The van der Waals surface area contributed by atoms with E-state index in [2.05, 4.69) is 18.6 Å². The zero-order valence-corrected chi connectivity index (χ0v) is 15.2. The quantitative estimate of drug-likeness (QED) is 0.537. The molecule has 0 aliphatic carbocycles. The number of hydrogen-bond donors (Lipinski definition) is 0. The van der Waals surface area contributed by atoms with Crippen molar-refractivity contribution in [2.45, 2.75) is 26.7 Å². The summed E-state index contributed by atoms with van der Waals surface area (Å²) in [5.74, 6) is 0. The molecule has 0 aromatic carbocycles. The fourth-order valence-corrected chi connectivity index (χ4v) is 2.67. The fraction of sp³-hybridized carbons (Fsp3) is 1.00. The summed E-state index contributed by atoms with van der Waals surface area (Å²) in [6.45, 7) is 5.16. The third-order valence-corrected chi connectivity index (χ3v) is 3.74. The molecule has 6 heteroatoms. The minimum atomic E-state index is -3.33. The molecule has 78 valence electrons. The van der Waals surface area contributed by atoms with Gasteiger partial charge in [0, 0.05) is 13.6 Å². The van der Waals surface area contributed by atoms with Gasteiger partial charge >= 0.3 is 58.2 Å². The van der Waals surface area contributed by atoms with Crippen LogP contribution in [-0.4, -0.2) is 32.9 Å². The van der Waals surface area contributed by atoms with Gasteiger partial charge in [-0.3, -0.25) is 0 Å². The maximum absolute atomic E-state index is 11.4. The molecule has 1 aliphatic heterocycles. The Kier molecular flexibility index (Phi) is 6.54. The predicted octanol–water partition coefficient (Wildman–Crippen LogP) is -1.64. The van der Waals surface area contributed by atoms with E-state index in [1.807, 2.05) is 0 Å². The minimum Gasteiger partial charge on any atom is -0.535 e. The Morgan fingerprint density at radius 3 is 2.50 bits per heavy atom. The van der Waals surface area contributed by atoms with Crippen molar-refractivity contribution in [3.8, 4) is 0 Å². The zero-order valence-electron chi connectivity index (χ0n) is 9.45.